The minimum absolute atomic E-state index is 0.106. The van der Waals surface area contributed by atoms with Gasteiger partial charge in [-0.15, -0.1) is 0 Å². The number of hydrogen-bond donors (Lipinski definition) is 2. The van der Waals surface area contributed by atoms with Gasteiger partial charge in [0.05, 0.1) is 25.9 Å². The molecule has 1 aliphatic heterocycles. The van der Waals surface area contributed by atoms with Crippen LogP contribution in [0.2, 0.25) is 15.7 Å². The molecule has 0 saturated carbocycles. The molecule has 2 N–H and O–H groups in total. The number of imidazole rings is 2. The second-order valence-electron chi connectivity index (χ2n) is 5.40. The zero-order valence-corrected chi connectivity index (χ0v) is 15.9. The van der Waals surface area contributed by atoms with Gasteiger partial charge < -0.3 is 19.6 Å². The number of rotatable bonds is 1. The van der Waals surface area contributed by atoms with Crippen LogP contribution >= 0.6 is 34.8 Å². The molecule has 1 saturated heterocycles. The summed E-state index contributed by atoms with van der Waals surface area (Å²) >= 11 is 17.1. The normalized spacial score (nSPS) is 14.4. The van der Waals surface area contributed by atoms with Gasteiger partial charge in [0, 0.05) is 13.1 Å². The summed E-state index contributed by atoms with van der Waals surface area (Å²) in [6.07, 6.45) is 3.08. The van der Waals surface area contributed by atoms with Crippen molar-refractivity contribution in [1.29, 1.82) is 0 Å². The fraction of sp³-hybridized carbons (Fsp3) is 0.286. The van der Waals surface area contributed by atoms with Crippen molar-refractivity contribution in [3.8, 4) is 0 Å². The first-order valence-corrected chi connectivity index (χ1v) is 8.96. The molecular formula is C14H12Cl3N9O. The maximum Gasteiger partial charge on any atom is 0.226 e. The third-order valence-electron chi connectivity index (χ3n) is 3.76. The molecule has 0 bridgehead atoms. The van der Waals surface area contributed by atoms with Crippen LogP contribution in [0.1, 0.15) is 0 Å². The largest absolute Gasteiger partial charge is 0.378 e. The lowest BCUT2D eigenvalue weighted by atomic mass is 10.4. The first-order chi connectivity index (χ1) is 13.1. The molecule has 1 fully saturated rings. The van der Waals surface area contributed by atoms with Gasteiger partial charge in [-0.3, -0.25) is 0 Å². The second kappa shape index (κ2) is 7.77. The molecule has 0 spiro atoms. The third kappa shape index (κ3) is 3.88. The van der Waals surface area contributed by atoms with E-state index in [4.69, 9.17) is 39.5 Å². The van der Waals surface area contributed by atoms with E-state index in [0.29, 0.717) is 30.0 Å². The smallest absolute Gasteiger partial charge is 0.226 e. The van der Waals surface area contributed by atoms with Gasteiger partial charge in [-0.25, -0.2) is 15.0 Å². The van der Waals surface area contributed by atoms with E-state index in [1.807, 2.05) is 0 Å². The Balaban J connectivity index is 0.000000143. The van der Waals surface area contributed by atoms with Crippen LogP contribution in [-0.2, 0) is 4.74 Å². The van der Waals surface area contributed by atoms with Crippen LogP contribution in [0.25, 0.3) is 22.3 Å². The topological polar surface area (TPSA) is 121 Å². The van der Waals surface area contributed by atoms with Crippen LogP contribution in [0.5, 0.6) is 0 Å². The highest BCUT2D eigenvalue weighted by atomic mass is 35.5. The van der Waals surface area contributed by atoms with E-state index < -0.39 is 0 Å². The standard InChI is InChI=1S/C9H10ClN5O.C5H2Cl2N4/c10-9-13-7-6(11-5-12-7)8(14-9)15-1-3-16-4-2-15;6-3-2-4(9-1-8-2)11-5(7)10-3/h5H,1-4H2,(H,11,12,13,14);1H,(H,8,9,10,11). The van der Waals surface area contributed by atoms with Crippen LogP contribution in [0.3, 0.4) is 0 Å². The predicted molar refractivity (Wildman–Crippen MR) is 101 cm³/mol. The Hall–Kier alpha value is -2.27. The zero-order valence-electron chi connectivity index (χ0n) is 13.7. The van der Waals surface area contributed by atoms with Crippen molar-refractivity contribution < 1.29 is 4.74 Å². The highest BCUT2D eigenvalue weighted by Crippen LogP contribution is 2.23. The number of ether oxygens (including phenoxy) is 1. The number of aromatic nitrogens is 8. The molecule has 4 aromatic heterocycles. The van der Waals surface area contributed by atoms with E-state index in [0.717, 1.165) is 24.4 Å². The Morgan fingerprint density at radius 3 is 2.11 bits per heavy atom. The number of morpholine rings is 1. The van der Waals surface area contributed by atoms with Gasteiger partial charge >= 0.3 is 0 Å². The van der Waals surface area contributed by atoms with E-state index in [1.165, 1.54) is 6.33 Å². The number of nitrogens with zero attached hydrogens (tertiary/aromatic N) is 7. The summed E-state index contributed by atoms with van der Waals surface area (Å²) in [5, 5.41) is 0.619. The molecule has 1 aliphatic rings. The van der Waals surface area contributed by atoms with Gasteiger partial charge in [0.1, 0.15) is 11.0 Å². The molecule has 0 aromatic carbocycles. The van der Waals surface area contributed by atoms with Crippen LogP contribution < -0.4 is 4.90 Å². The molecule has 140 valence electrons. The molecule has 0 amide bonds. The van der Waals surface area contributed by atoms with E-state index in [9.17, 15) is 0 Å². The lowest BCUT2D eigenvalue weighted by Crippen LogP contribution is -2.37. The van der Waals surface area contributed by atoms with Gasteiger partial charge in [-0.1, -0.05) is 11.6 Å². The van der Waals surface area contributed by atoms with Crippen molar-refractivity contribution in [2.75, 3.05) is 31.2 Å². The van der Waals surface area contributed by atoms with Crippen LogP contribution in [0, 0.1) is 0 Å². The molecule has 10 nitrogen and oxygen atoms in total. The summed E-state index contributed by atoms with van der Waals surface area (Å²) in [6.45, 7) is 3.03. The molecular weight excluding hydrogens is 417 g/mol. The van der Waals surface area contributed by atoms with Gasteiger partial charge in [0.25, 0.3) is 0 Å². The van der Waals surface area contributed by atoms with E-state index in [2.05, 4.69) is 44.8 Å². The number of anilines is 1. The summed E-state index contributed by atoms with van der Waals surface area (Å²) in [5.41, 5.74) is 2.51. The number of H-pyrrole nitrogens is 2. The van der Waals surface area contributed by atoms with Gasteiger partial charge in [0.15, 0.2) is 22.3 Å². The van der Waals surface area contributed by atoms with Crippen LogP contribution in [0.4, 0.5) is 5.82 Å². The molecule has 5 heterocycles. The quantitative estimate of drug-likeness (QED) is 0.350. The molecule has 5 rings (SSSR count). The van der Waals surface area contributed by atoms with Crippen molar-refractivity contribution in [2.45, 2.75) is 0 Å². The Morgan fingerprint density at radius 1 is 0.815 bits per heavy atom. The number of halogens is 3. The van der Waals surface area contributed by atoms with E-state index >= 15 is 0 Å². The van der Waals surface area contributed by atoms with Gasteiger partial charge in [-0.2, -0.15) is 15.0 Å². The number of nitrogens with one attached hydrogen (secondary N) is 2. The summed E-state index contributed by atoms with van der Waals surface area (Å²) in [4.78, 5) is 31.7. The summed E-state index contributed by atoms with van der Waals surface area (Å²) < 4.78 is 5.30. The fourth-order valence-electron chi connectivity index (χ4n) is 2.57. The fourth-order valence-corrected chi connectivity index (χ4v) is 3.16. The summed E-state index contributed by atoms with van der Waals surface area (Å²) in [5.74, 6) is 0.802. The second-order valence-corrected chi connectivity index (χ2v) is 6.44. The molecule has 27 heavy (non-hydrogen) atoms. The Kier molecular flexibility index (Phi) is 5.21. The molecule has 4 aromatic rings. The maximum absolute atomic E-state index is 5.87. The number of aromatic amines is 2. The molecule has 0 atom stereocenters. The van der Waals surface area contributed by atoms with Crippen molar-refractivity contribution in [1.82, 2.24) is 39.9 Å². The maximum atomic E-state index is 5.87. The van der Waals surface area contributed by atoms with Crippen molar-refractivity contribution >= 4 is 62.9 Å². The first-order valence-electron chi connectivity index (χ1n) is 7.83. The number of hydrogen-bond acceptors (Lipinski definition) is 8. The van der Waals surface area contributed by atoms with E-state index in [-0.39, 0.29) is 15.7 Å². The first kappa shape index (κ1) is 18.1. The number of fused-ring (bicyclic) bond motifs is 2. The predicted octanol–water partition coefficient (Wildman–Crippen LogP) is 2.50. The Labute approximate surface area is 167 Å². The van der Waals surface area contributed by atoms with Crippen LogP contribution in [-0.4, -0.2) is 66.2 Å². The highest BCUT2D eigenvalue weighted by molar-refractivity contribution is 6.35. The SMILES string of the molecule is Clc1nc(Cl)c2[nH]cnc2n1.Clc1nc(N2CCOCC2)c2[nH]cnc2n1. The minimum Gasteiger partial charge on any atom is -0.378 e. The molecule has 0 radical (unpaired) electrons. The average Bonchev–Trinajstić information content (AvgIpc) is 3.31. The molecule has 13 heteroatoms. The van der Waals surface area contributed by atoms with Crippen molar-refractivity contribution in [3.05, 3.63) is 28.4 Å². The Morgan fingerprint density at radius 2 is 1.41 bits per heavy atom. The molecule has 0 aliphatic carbocycles. The van der Waals surface area contributed by atoms with Gasteiger partial charge in [0.2, 0.25) is 10.6 Å². The average molecular weight is 429 g/mol. The lowest BCUT2D eigenvalue weighted by Gasteiger charge is -2.27. The van der Waals surface area contributed by atoms with Gasteiger partial charge in [-0.05, 0) is 23.2 Å². The van der Waals surface area contributed by atoms with E-state index in [1.54, 1.807) is 6.33 Å². The zero-order chi connectivity index (χ0) is 18.8. The van der Waals surface area contributed by atoms with Crippen molar-refractivity contribution in [3.63, 3.8) is 0 Å². The molecule has 0 unspecified atom stereocenters. The highest BCUT2D eigenvalue weighted by Gasteiger charge is 2.18. The lowest BCUT2D eigenvalue weighted by molar-refractivity contribution is 0.122. The third-order valence-corrected chi connectivity index (χ3v) is 4.38. The van der Waals surface area contributed by atoms with Crippen LogP contribution in [0.15, 0.2) is 12.7 Å². The monoisotopic (exact) mass is 427 g/mol. The Bertz CT molecular complexity index is 1080. The van der Waals surface area contributed by atoms with Crippen molar-refractivity contribution in [2.24, 2.45) is 0 Å². The summed E-state index contributed by atoms with van der Waals surface area (Å²) in [6, 6.07) is 0. The minimum atomic E-state index is 0.106. The summed E-state index contributed by atoms with van der Waals surface area (Å²) in [7, 11) is 0.